The van der Waals surface area contributed by atoms with Gasteiger partial charge in [0.05, 0.1) is 11.0 Å². The van der Waals surface area contributed by atoms with Gasteiger partial charge in [-0.1, -0.05) is 6.92 Å². The maximum atomic E-state index is 9.27. The molecule has 2 atom stereocenters. The summed E-state index contributed by atoms with van der Waals surface area (Å²) in [7, 11) is 0. The molecule has 0 aromatic rings. The molecule has 0 heterocycles. The molecule has 0 aliphatic rings. The predicted octanol–water partition coefficient (Wildman–Crippen LogP) is 1.77. The molecule has 0 rings (SSSR count). The summed E-state index contributed by atoms with van der Waals surface area (Å²) in [5, 5.41) is 9.11. The van der Waals surface area contributed by atoms with Gasteiger partial charge in [0.25, 0.3) is 0 Å². The summed E-state index contributed by atoms with van der Waals surface area (Å²) in [6.45, 7) is 5.45. The molecule has 1 nitrogen and oxygen atoms in total. The van der Waals surface area contributed by atoms with Crippen molar-refractivity contribution in [1.82, 2.24) is 0 Å². The molecule has 8 heavy (non-hydrogen) atoms. The van der Waals surface area contributed by atoms with Gasteiger partial charge >= 0.3 is 0 Å². The minimum atomic E-state index is -0.693. The van der Waals surface area contributed by atoms with E-state index in [9.17, 15) is 5.11 Å². The van der Waals surface area contributed by atoms with Crippen molar-refractivity contribution in [2.75, 3.05) is 0 Å². The summed E-state index contributed by atoms with van der Waals surface area (Å²) in [6, 6.07) is 0. The van der Waals surface area contributed by atoms with Crippen LogP contribution in [0, 0.1) is 0 Å². The van der Waals surface area contributed by atoms with Crippen LogP contribution in [0.15, 0.2) is 0 Å². The first-order chi connectivity index (χ1) is 3.50. The minimum absolute atomic E-state index is 0.160. The van der Waals surface area contributed by atoms with Gasteiger partial charge in [-0.15, -0.1) is 11.6 Å². The molecule has 2 heteroatoms. The fourth-order valence-corrected chi connectivity index (χ4v) is 0.436. The normalized spacial score (nSPS) is 22.1. The molecule has 0 spiro atoms. The van der Waals surface area contributed by atoms with E-state index >= 15 is 0 Å². The Hall–Kier alpha value is 0.250. The van der Waals surface area contributed by atoms with Crippen LogP contribution in [0.5, 0.6) is 0 Å². The van der Waals surface area contributed by atoms with E-state index in [4.69, 9.17) is 11.6 Å². The molecule has 0 saturated carbocycles. The van der Waals surface area contributed by atoms with Crippen molar-refractivity contribution in [2.24, 2.45) is 0 Å². The Kier molecular flexibility index (Phi) is 2.78. The molecule has 0 fully saturated rings. The van der Waals surface area contributed by atoms with Gasteiger partial charge in [-0.25, -0.2) is 0 Å². The van der Waals surface area contributed by atoms with Crippen molar-refractivity contribution < 1.29 is 5.11 Å². The van der Waals surface area contributed by atoms with Gasteiger partial charge in [-0.05, 0) is 20.3 Å². The lowest BCUT2D eigenvalue weighted by atomic mass is 10.0. The summed E-state index contributed by atoms with van der Waals surface area (Å²) in [5.41, 5.74) is -0.693. The zero-order valence-electron chi connectivity index (χ0n) is 5.61. The lowest BCUT2D eigenvalue weighted by molar-refractivity contribution is 0.0559. The lowest BCUT2D eigenvalue weighted by Crippen LogP contribution is -2.32. The van der Waals surface area contributed by atoms with E-state index in [-0.39, 0.29) is 5.38 Å². The Morgan fingerprint density at radius 2 is 2.12 bits per heavy atom. The van der Waals surface area contributed by atoms with Crippen molar-refractivity contribution in [2.45, 2.75) is 38.2 Å². The Bertz CT molecular complexity index is 68.9. The van der Waals surface area contributed by atoms with Gasteiger partial charge in [0.2, 0.25) is 0 Å². The van der Waals surface area contributed by atoms with Crippen LogP contribution < -0.4 is 0 Å². The monoisotopic (exact) mass is 136 g/mol. The molecule has 0 aromatic carbocycles. The average molecular weight is 137 g/mol. The van der Waals surface area contributed by atoms with Gasteiger partial charge in [0.1, 0.15) is 0 Å². The molecule has 2 unspecified atom stereocenters. The summed E-state index contributed by atoms with van der Waals surface area (Å²) in [4.78, 5) is 0. The van der Waals surface area contributed by atoms with Crippen LogP contribution in [0.2, 0.25) is 0 Å². The lowest BCUT2D eigenvalue weighted by Gasteiger charge is -2.23. The number of aliphatic hydroxyl groups is 1. The van der Waals surface area contributed by atoms with Crippen LogP contribution in [0.1, 0.15) is 27.2 Å². The quantitative estimate of drug-likeness (QED) is 0.574. The second kappa shape index (κ2) is 2.70. The fraction of sp³-hybridized carbons (Fsp3) is 1.00. The Morgan fingerprint density at radius 3 is 2.12 bits per heavy atom. The van der Waals surface area contributed by atoms with Crippen molar-refractivity contribution in [3.63, 3.8) is 0 Å². The van der Waals surface area contributed by atoms with Gasteiger partial charge in [0.15, 0.2) is 0 Å². The van der Waals surface area contributed by atoms with Gasteiger partial charge in [-0.2, -0.15) is 0 Å². The molecule has 0 bridgehead atoms. The first kappa shape index (κ1) is 8.25. The van der Waals surface area contributed by atoms with E-state index in [2.05, 4.69) is 0 Å². The summed E-state index contributed by atoms with van der Waals surface area (Å²) in [6.07, 6.45) is 0.706. The average Bonchev–Trinajstić information content (AvgIpc) is 1.67. The predicted molar refractivity (Wildman–Crippen MR) is 36.2 cm³/mol. The van der Waals surface area contributed by atoms with Crippen molar-refractivity contribution in [3.8, 4) is 0 Å². The summed E-state index contributed by atoms with van der Waals surface area (Å²) >= 11 is 5.62. The molecule has 0 amide bonds. The number of hydrogen-bond acceptors (Lipinski definition) is 1. The number of halogens is 1. The molecule has 0 radical (unpaired) electrons. The molecule has 0 saturated heterocycles. The summed E-state index contributed by atoms with van der Waals surface area (Å²) in [5.74, 6) is 0. The van der Waals surface area contributed by atoms with Crippen LogP contribution in [-0.2, 0) is 0 Å². The van der Waals surface area contributed by atoms with E-state index in [1.165, 1.54) is 0 Å². The third-order valence-electron chi connectivity index (χ3n) is 1.57. The third kappa shape index (κ3) is 2.01. The molecule has 50 valence electrons. The van der Waals surface area contributed by atoms with E-state index in [0.717, 1.165) is 0 Å². The molecular weight excluding hydrogens is 124 g/mol. The Morgan fingerprint density at radius 1 is 1.75 bits per heavy atom. The first-order valence-electron chi connectivity index (χ1n) is 2.87. The van der Waals surface area contributed by atoms with Gasteiger partial charge in [0, 0.05) is 0 Å². The highest BCUT2D eigenvalue weighted by Gasteiger charge is 2.23. The van der Waals surface area contributed by atoms with Crippen LogP contribution in [-0.4, -0.2) is 16.1 Å². The first-order valence-corrected chi connectivity index (χ1v) is 3.30. The minimum Gasteiger partial charge on any atom is -0.389 e. The molecular formula is C6H13ClO. The topological polar surface area (TPSA) is 20.2 Å². The number of rotatable bonds is 2. The number of alkyl halides is 1. The summed E-state index contributed by atoms with van der Waals surface area (Å²) < 4.78 is 0. The molecule has 0 aliphatic carbocycles. The second-order valence-electron chi connectivity index (χ2n) is 2.33. The second-order valence-corrected chi connectivity index (χ2v) is 2.98. The zero-order chi connectivity index (χ0) is 6.78. The van der Waals surface area contributed by atoms with Crippen LogP contribution >= 0.6 is 11.6 Å². The van der Waals surface area contributed by atoms with E-state index in [1.807, 2.05) is 6.92 Å². The van der Waals surface area contributed by atoms with Crippen molar-refractivity contribution in [1.29, 1.82) is 0 Å². The number of hydrogen-bond donors (Lipinski definition) is 1. The zero-order valence-corrected chi connectivity index (χ0v) is 6.37. The van der Waals surface area contributed by atoms with Crippen LogP contribution in [0.25, 0.3) is 0 Å². The fourth-order valence-electron chi connectivity index (χ4n) is 0.281. The smallest absolute Gasteiger partial charge is 0.0777 e. The van der Waals surface area contributed by atoms with Crippen molar-refractivity contribution in [3.05, 3.63) is 0 Å². The standard InChI is InChI=1S/C6H13ClO/c1-4-6(3,8)5(2)7/h5,8H,4H2,1-3H3. The van der Waals surface area contributed by atoms with Crippen molar-refractivity contribution >= 4 is 11.6 Å². The van der Waals surface area contributed by atoms with Gasteiger partial charge in [-0.3, -0.25) is 0 Å². The SMILES string of the molecule is CCC(C)(O)C(C)Cl. The molecule has 0 aromatic heterocycles. The van der Waals surface area contributed by atoms with E-state index in [1.54, 1.807) is 13.8 Å². The highest BCUT2D eigenvalue weighted by atomic mass is 35.5. The van der Waals surface area contributed by atoms with E-state index < -0.39 is 5.60 Å². The van der Waals surface area contributed by atoms with Crippen LogP contribution in [0.3, 0.4) is 0 Å². The largest absolute Gasteiger partial charge is 0.389 e. The third-order valence-corrected chi connectivity index (χ3v) is 2.04. The molecule has 0 aliphatic heterocycles. The highest BCUT2D eigenvalue weighted by Crippen LogP contribution is 2.18. The highest BCUT2D eigenvalue weighted by molar-refractivity contribution is 6.21. The van der Waals surface area contributed by atoms with Crippen LogP contribution in [0.4, 0.5) is 0 Å². The molecule has 1 N–H and O–H groups in total. The Labute approximate surface area is 55.7 Å². The van der Waals surface area contributed by atoms with E-state index in [0.29, 0.717) is 6.42 Å². The maximum Gasteiger partial charge on any atom is 0.0777 e. The van der Waals surface area contributed by atoms with Gasteiger partial charge < -0.3 is 5.11 Å². The maximum absolute atomic E-state index is 9.27. The Balaban J connectivity index is 3.71.